The molecule has 2 aromatic carbocycles. The molecule has 1 saturated heterocycles. The lowest BCUT2D eigenvalue weighted by Crippen LogP contribution is -2.46. The van der Waals surface area contributed by atoms with E-state index in [1.165, 1.54) is 23.5 Å². The van der Waals surface area contributed by atoms with E-state index in [2.05, 4.69) is 9.80 Å². The normalized spacial score (nSPS) is 14.8. The number of benzene rings is 2. The van der Waals surface area contributed by atoms with Crippen molar-refractivity contribution in [3.63, 3.8) is 0 Å². The lowest BCUT2D eigenvalue weighted by atomic mass is 10.1. The fourth-order valence-corrected chi connectivity index (χ4v) is 6.60. The Morgan fingerprint density at radius 1 is 1.10 bits per heavy atom. The maximum atomic E-state index is 13.1. The Kier molecular flexibility index (Phi) is 11.1. The van der Waals surface area contributed by atoms with Crippen LogP contribution in [0.1, 0.15) is 28.6 Å². The molecule has 0 aliphatic carbocycles. The molecule has 41 heavy (non-hydrogen) atoms. The molecule has 222 valence electrons. The highest BCUT2D eigenvalue weighted by Gasteiger charge is 2.30. The number of esters is 1. The van der Waals surface area contributed by atoms with Gasteiger partial charge in [-0.1, -0.05) is 12.1 Å². The molecule has 1 aliphatic heterocycles. The van der Waals surface area contributed by atoms with Gasteiger partial charge in [-0.2, -0.15) is 13.2 Å². The molecule has 1 aromatic heterocycles. The molecular formula is C29H34F3N3O4S2. The van der Waals surface area contributed by atoms with Crippen molar-refractivity contribution in [1.82, 2.24) is 14.8 Å². The van der Waals surface area contributed by atoms with Gasteiger partial charge in [0.25, 0.3) is 0 Å². The summed E-state index contributed by atoms with van der Waals surface area (Å²) >= 11 is 3.15. The maximum Gasteiger partial charge on any atom is 0.416 e. The number of ether oxygens (including phenoxy) is 2. The van der Waals surface area contributed by atoms with Crippen molar-refractivity contribution in [3.8, 4) is 16.3 Å². The number of halogens is 3. The predicted molar refractivity (Wildman–Crippen MR) is 154 cm³/mol. The van der Waals surface area contributed by atoms with Gasteiger partial charge in [-0.15, -0.1) is 23.1 Å². The number of aliphatic hydroxyl groups is 1. The average Bonchev–Trinajstić information content (AvgIpc) is 3.35. The van der Waals surface area contributed by atoms with E-state index >= 15 is 0 Å². The third-order valence-electron chi connectivity index (χ3n) is 6.66. The minimum atomic E-state index is -4.38. The lowest BCUT2D eigenvalue weighted by Gasteiger charge is -2.34. The minimum Gasteiger partial charge on any atom is -0.482 e. The highest BCUT2D eigenvalue weighted by Crippen LogP contribution is 2.36. The Morgan fingerprint density at radius 2 is 1.80 bits per heavy atom. The van der Waals surface area contributed by atoms with E-state index in [0.29, 0.717) is 41.8 Å². The molecule has 0 radical (unpaired) electrons. The van der Waals surface area contributed by atoms with Crippen molar-refractivity contribution in [2.45, 2.75) is 37.2 Å². The van der Waals surface area contributed by atoms with Crippen LogP contribution in [0.2, 0.25) is 0 Å². The van der Waals surface area contributed by atoms with Gasteiger partial charge in [-0.05, 0) is 49.7 Å². The fourth-order valence-electron chi connectivity index (χ4n) is 4.43. The first-order valence-electron chi connectivity index (χ1n) is 13.4. The monoisotopic (exact) mass is 609 g/mol. The molecule has 0 unspecified atom stereocenters. The minimum absolute atomic E-state index is 0.141. The topological polar surface area (TPSA) is 75.1 Å². The van der Waals surface area contributed by atoms with Crippen LogP contribution in [0.5, 0.6) is 5.75 Å². The molecule has 4 rings (SSSR count). The summed E-state index contributed by atoms with van der Waals surface area (Å²) in [4.78, 5) is 23.2. The van der Waals surface area contributed by atoms with Crippen LogP contribution in [0, 0.1) is 6.92 Å². The van der Waals surface area contributed by atoms with Crippen molar-refractivity contribution in [3.05, 3.63) is 64.2 Å². The number of piperazine rings is 1. The number of thiazole rings is 1. The van der Waals surface area contributed by atoms with Crippen LogP contribution in [0.15, 0.2) is 47.4 Å². The van der Waals surface area contributed by atoms with E-state index in [1.807, 2.05) is 25.1 Å². The van der Waals surface area contributed by atoms with Gasteiger partial charge in [0.1, 0.15) is 10.8 Å². The number of thioether (sulfide) groups is 1. The van der Waals surface area contributed by atoms with Crippen LogP contribution in [-0.4, -0.2) is 78.4 Å². The first-order valence-corrected chi connectivity index (χ1v) is 15.2. The quantitative estimate of drug-likeness (QED) is 0.214. The predicted octanol–water partition coefficient (Wildman–Crippen LogP) is 5.48. The molecular weight excluding hydrogens is 575 g/mol. The Morgan fingerprint density at radius 3 is 2.44 bits per heavy atom. The summed E-state index contributed by atoms with van der Waals surface area (Å²) < 4.78 is 49.8. The van der Waals surface area contributed by atoms with E-state index in [1.54, 1.807) is 18.7 Å². The van der Waals surface area contributed by atoms with Gasteiger partial charge >= 0.3 is 12.1 Å². The largest absolute Gasteiger partial charge is 0.482 e. The van der Waals surface area contributed by atoms with Crippen molar-refractivity contribution < 1.29 is 32.5 Å². The van der Waals surface area contributed by atoms with Gasteiger partial charge in [0, 0.05) is 60.4 Å². The van der Waals surface area contributed by atoms with E-state index < -0.39 is 17.7 Å². The number of aryl methyl sites for hydroxylation is 1. The van der Waals surface area contributed by atoms with Crippen molar-refractivity contribution in [2.24, 2.45) is 0 Å². The number of hydrogen-bond donors (Lipinski definition) is 1. The van der Waals surface area contributed by atoms with Gasteiger partial charge < -0.3 is 14.6 Å². The number of nitrogens with zero attached hydrogens (tertiary/aromatic N) is 3. The summed E-state index contributed by atoms with van der Waals surface area (Å²) in [7, 11) is 0. The SMILES string of the molecule is CCOC(=O)COc1ccc(SCc2sc(-c3ccc(C(F)(F)F)cc3)nc2CN2CCN(CCO)CC2)cc1C. The van der Waals surface area contributed by atoms with Crippen LogP contribution in [0.4, 0.5) is 13.2 Å². The van der Waals surface area contributed by atoms with Gasteiger partial charge in [0.05, 0.1) is 24.5 Å². The molecule has 0 spiro atoms. The average molecular weight is 610 g/mol. The Hall–Kier alpha value is -2.64. The number of β-amino-alcohol motifs (C(OH)–C–C–N with tert-alkyl or cyclic N) is 1. The zero-order valence-corrected chi connectivity index (χ0v) is 24.7. The van der Waals surface area contributed by atoms with E-state index in [0.717, 1.165) is 59.3 Å². The standard InChI is InChI=1S/C29H34F3N3O4S2/c1-3-38-27(37)18-39-25-9-8-23(16-20(25)2)40-19-26-24(17-35-12-10-34(11-13-35)14-15-36)33-28(41-26)21-4-6-22(7-5-21)29(30,31)32/h4-9,16,36H,3,10-15,17-19H2,1-2H3. The first kappa shape index (κ1) is 31.3. The maximum absolute atomic E-state index is 13.1. The number of carbonyl (C=O) groups excluding carboxylic acids is 1. The van der Waals surface area contributed by atoms with Gasteiger partial charge in [-0.25, -0.2) is 9.78 Å². The number of aromatic nitrogens is 1. The molecule has 1 fully saturated rings. The summed E-state index contributed by atoms with van der Waals surface area (Å²) in [6.07, 6.45) is -4.38. The second-order valence-corrected chi connectivity index (χ2v) is 11.7. The second kappa shape index (κ2) is 14.5. The Balaban J connectivity index is 1.48. The fraction of sp³-hybridized carbons (Fsp3) is 0.448. The Bertz CT molecular complexity index is 1290. The van der Waals surface area contributed by atoms with Gasteiger partial charge in [0.2, 0.25) is 0 Å². The van der Waals surface area contributed by atoms with Crippen LogP contribution in [-0.2, 0) is 28.0 Å². The van der Waals surface area contributed by atoms with Crippen LogP contribution in [0.25, 0.3) is 10.6 Å². The molecule has 0 saturated carbocycles. The molecule has 0 atom stereocenters. The molecule has 0 amide bonds. The van der Waals surface area contributed by atoms with Crippen molar-refractivity contribution >= 4 is 29.1 Å². The number of carbonyl (C=O) groups is 1. The molecule has 1 aliphatic rings. The number of rotatable bonds is 12. The summed E-state index contributed by atoms with van der Waals surface area (Å²) in [6.45, 7) is 8.71. The second-order valence-electron chi connectivity index (χ2n) is 9.62. The van der Waals surface area contributed by atoms with Crippen molar-refractivity contribution in [1.29, 1.82) is 0 Å². The molecule has 2 heterocycles. The molecule has 7 nitrogen and oxygen atoms in total. The van der Waals surface area contributed by atoms with E-state index in [4.69, 9.17) is 14.5 Å². The van der Waals surface area contributed by atoms with Gasteiger partial charge in [0.15, 0.2) is 6.61 Å². The number of alkyl halides is 3. The van der Waals surface area contributed by atoms with Crippen LogP contribution >= 0.6 is 23.1 Å². The molecule has 12 heteroatoms. The molecule has 1 N–H and O–H groups in total. The van der Waals surface area contributed by atoms with Crippen LogP contribution < -0.4 is 4.74 Å². The number of hydrogen-bond acceptors (Lipinski definition) is 9. The summed E-state index contributed by atoms with van der Waals surface area (Å²) in [5, 5.41) is 9.92. The van der Waals surface area contributed by atoms with E-state index in [9.17, 15) is 23.1 Å². The Labute approximate surface area is 246 Å². The summed E-state index contributed by atoms with van der Waals surface area (Å²) in [5.74, 6) is 0.855. The molecule has 0 bridgehead atoms. The van der Waals surface area contributed by atoms with Crippen molar-refractivity contribution in [2.75, 3.05) is 52.5 Å². The summed E-state index contributed by atoms with van der Waals surface area (Å²) in [5.41, 5.74) is 1.81. The zero-order valence-electron chi connectivity index (χ0n) is 23.1. The third kappa shape index (κ3) is 8.92. The number of aliphatic hydroxyl groups excluding tert-OH is 1. The first-order chi connectivity index (χ1) is 19.7. The third-order valence-corrected chi connectivity index (χ3v) is 9.01. The van der Waals surface area contributed by atoms with Crippen LogP contribution in [0.3, 0.4) is 0 Å². The highest BCUT2D eigenvalue weighted by molar-refractivity contribution is 7.98. The molecule has 3 aromatic rings. The lowest BCUT2D eigenvalue weighted by molar-refractivity contribution is -0.145. The smallest absolute Gasteiger partial charge is 0.416 e. The van der Waals surface area contributed by atoms with Gasteiger partial charge in [-0.3, -0.25) is 9.80 Å². The zero-order chi connectivity index (χ0) is 29.4. The summed E-state index contributed by atoms with van der Waals surface area (Å²) in [6, 6.07) is 10.9. The highest BCUT2D eigenvalue weighted by atomic mass is 32.2. The van der Waals surface area contributed by atoms with E-state index in [-0.39, 0.29) is 13.2 Å².